The monoisotopic (exact) mass is 484 g/mol. The van der Waals surface area contributed by atoms with Crippen LogP contribution in [-0.4, -0.2) is 24.7 Å². The first kappa shape index (κ1) is 22.3. The molecule has 5 nitrogen and oxygen atoms in total. The molecule has 0 radical (unpaired) electrons. The van der Waals surface area contributed by atoms with E-state index < -0.39 is 16.6 Å². The molecular weight excluding hydrogens is 465 g/mol. The van der Waals surface area contributed by atoms with Gasteiger partial charge in [-0.3, -0.25) is 14.5 Å². The van der Waals surface area contributed by atoms with Gasteiger partial charge in [-0.2, -0.15) is 13.2 Å². The fraction of sp³-hybridized carbons (Fsp3) is 0.200. The molecule has 0 N–H and O–H groups in total. The quantitative estimate of drug-likeness (QED) is 0.511. The number of benzene rings is 3. The highest BCUT2D eigenvalue weighted by Crippen LogP contribution is 2.56. The van der Waals surface area contributed by atoms with E-state index in [4.69, 9.17) is 4.74 Å². The minimum absolute atomic E-state index is 0.0489. The molecule has 0 saturated carbocycles. The molecule has 9 heteroatoms. The van der Waals surface area contributed by atoms with Gasteiger partial charge < -0.3 is 9.64 Å². The highest BCUT2D eigenvalue weighted by Gasteiger charge is 2.60. The third-order valence-electron chi connectivity index (χ3n) is 5.99. The number of carbonyl (C=O) groups is 2. The summed E-state index contributed by atoms with van der Waals surface area (Å²) in [5, 5.41) is 0. The largest absolute Gasteiger partial charge is 0.497 e. The standard InChI is InChI=1S/C25H19F3N2O3S/c1-33-19-11-9-18(10-12-19)30-22(31)15-34-24(30)20-7-2-3-8-21(20)29(23(24)32)14-16-5-4-6-17(13-16)25(26,27)28/h2-13H,14-15H2,1H3/t24-/m0/s1. The summed E-state index contributed by atoms with van der Waals surface area (Å²) in [6, 6.07) is 18.9. The van der Waals surface area contributed by atoms with Gasteiger partial charge in [0.2, 0.25) is 10.8 Å². The smallest absolute Gasteiger partial charge is 0.416 e. The zero-order valence-electron chi connectivity index (χ0n) is 18.0. The van der Waals surface area contributed by atoms with Gasteiger partial charge in [0.25, 0.3) is 5.91 Å². The van der Waals surface area contributed by atoms with Gasteiger partial charge in [-0.05, 0) is 48.0 Å². The van der Waals surface area contributed by atoms with Crippen molar-refractivity contribution in [2.45, 2.75) is 17.6 Å². The van der Waals surface area contributed by atoms with Crippen molar-refractivity contribution in [1.82, 2.24) is 0 Å². The van der Waals surface area contributed by atoms with Crippen molar-refractivity contribution in [2.24, 2.45) is 0 Å². The average Bonchev–Trinajstić information content (AvgIpc) is 3.30. The Labute approximate surface area is 198 Å². The van der Waals surface area contributed by atoms with Gasteiger partial charge in [0.1, 0.15) is 5.75 Å². The molecule has 0 aliphatic carbocycles. The fourth-order valence-electron chi connectivity index (χ4n) is 4.47. The average molecular weight is 484 g/mol. The van der Waals surface area contributed by atoms with E-state index in [1.54, 1.807) is 54.6 Å². The van der Waals surface area contributed by atoms with Gasteiger partial charge >= 0.3 is 6.18 Å². The van der Waals surface area contributed by atoms with Crippen LogP contribution in [0.5, 0.6) is 5.75 Å². The number of alkyl halides is 3. The number of thioether (sulfide) groups is 1. The van der Waals surface area contributed by atoms with Crippen LogP contribution >= 0.6 is 11.8 Å². The molecule has 0 bridgehead atoms. The number of hydrogen-bond donors (Lipinski definition) is 0. The fourth-order valence-corrected chi connectivity index (χ4v) is 5.83. The number of carbonyl (C=O) groups excluding carboxylic acids is 2. The Hall–Kier alpha value is -3.46. The maximum atomic E-state index is 14.0. The molecule has 1 spiro atoms. The maximum absolute atomic E-state index is 14.0. The second-order valence-electron chi connectivity index (χ2n) is 7.97. The summed E-state index contributed by atoms with van der Waals surface area (Å²) in [6.45, 7) is -0.0489. The van der Waals surface area contributed by atoms with E-state index in [9.17, 15) is 22.8 Å². The minimum Gasteiger partial charge on any atom is -0.497 e. The summed E-state index contributed by atoms with van der Waals surface area (Å²) in [4.78, 5) is 28.7. The number of amides is 2. The van der Waals surface area contributed by atoms with E-state index in [0.29, 0.717) is 28.3 Å². The van der Waals surface area contributed by atoms with Crippen LogP contribution in [0.15, 0.2) is 72.8 Å². The van der Waals surface area contributed by atoms with Crippen LogP contribution in [0.3, 0.4) is 0 Å². The highest BCUT2D eigenvalue weighted by atomic mass is 32.2. The van der Waals surface area contributed by atoms with Crippen molar-refractivity contribution in [3.63, 3.8) is 0 Å². The second kappa shape index (κ2) is 8.09. The van der Waals surface area contributed by atoms with Crippen LogP contribution in [0.1, 0.15) is 16.7 Å². The predicted molar refractivity (Wildman–Crippen MR) is 124 cm³/mol. The summed E-state index contributed by atoms with van der Waals surface area (Å²) >= 11 is 1.22. The lowest BCUT2D eigenvalue weighted by Gasteiger charge is -2.33. The molecule has 5 rings (SSSR count). The molecule has 2 amide bonds. The van der Waals surface area contributed by atoms with Crippen molar-refractivity contribution < 1.29 is 27.5 Å². The Morgan fingerprint density at radius 2 is 1.74 bits per heavy atom. The molecule has 2 aliphatic rings. The van der Waals surface area contributed by atoms with Gasteiger partial charge in [0.15, 0.2) is 0 Å². The van der Waals surface area contributed by atoms with Crippen LogP contribution in [0.25, 0.3) is 0 Å². The van der Waals surface area contributed by atoms with Gasteiger partial charge in [0, 0.05) is 11.3 Å². The zero-order chi connectivity index (χ0) is 24.1. The molecule has 3 aromatic carbocycles. The van der Waals surface area contributed by atoms with Gasteiger partial charge in [-0.25, -0.2) is 0 Å². The molecule has 0 unspecified atom stereocenters. The first-order valence-corrected chi connectivity index (χ1v) is 11.4. The molecule has 1 atom stereocenters. The summed E-state index contributed by atoms with van der Waals surface area (Å²) in [7, 11) is 1.54. The molecule has 0 aromatic heterocycles. The van der Waals surface area contributed by atoms with E-state index in [0.717, 1.165) is 12.1 Å². The number of hydrogen-bond acceptors (Lipinski definition) is 4. The van der Waals surface area contributed by atoms with Crippen molar-refractivity contribution in [1.29, 1.82) is 0 Å². The molecule has 1 saturated heterocycles. The molecule has 3 aromatic rings. The molecule has 1 fully saturated rings. The van der Waals surface area contributed by atoms with Crippen molar-refractivity contribution >= 4 is 35.0 Å². The predicted octanol–water partition coefficient (Wildman–Crippen LogP) is 5.19. The van der Waals surface area contributed by atoms with Gasteiger partial charge in [-0.15, -0.1) is 11.8 Å². The third-order valence-corrected chi connectivity index (χ3v) is 7.38. The second-order valence-corrected chi connectivity index (χ2v) is 9.13. The third kappa shape index (κ3) is 3.42. The lowest BCUT2D eigenvalue weighted by Crippen LogP contribution is -2.49. The van der Waals surface area contributed by atoms with E-state index >= 15 is 0 Å². The lowest BCUT2D eigenvalue weighted by atomic mass is 10.0. The molecule has 2 heterocycles. The number of methoxy groups -OCH3 is 1. The van der Waals surface area contributed by atoms with Crippen molar-refractivity contribution in [2.75, 3.05) is 22.7 Å². The summed E-state index contributed by atoms with van der Waals surface area (Å²) in [5.41, 5.74) is 1.33. The number of halogens is 3. The van der Waals surface area contributed by atoms with Crippen molar-refractivity contribution in [3.05, 3.63) is 89.5 Å². The Morgan fingerprint density at radius 3 is 2.44 bits per heavy atom. The molecule has 2 aliphatic heterocycles. The molecule has 34 heavy (non-hydrogen) atoms. The lowest BCUT2D eigenvalue weighted by molar-refractivity contribution is -0.137. The maximum Gasteiger partial charge on any atom is 0.416 e. The van der Waals surface area contributed by atoms with E-state index in [1.807, 2.05) is 0 Å². The first-order chi connectivity index (χ1) is 16.3. The first-order valence-electron chi connectivity index (χ1n) is 10.4. The number of nitrogens with zero attached hydrogens (tertiary/aromatic N) is 2. The van der Waals surface area contributed by atoms with Crippen LogP contribution in [0.2, 0.25) is 0 Å². The van der Waals surface area contributed by atoms with Crippen molar-refractivity contribution in [3.8, 4) is 5.75 Å². The van der Waals surface area contributed by atoms with E-state index in [-0.39, 0.29) is 24.1 Å². The topological polar surface area (TPSA) is 49.9 Å². The zero-order valence-corrected chi connectivity index (χ0v) is 18.8. The Bertz CT molecular complexity index is 1280. The van der Waals surface area contributed by atoms with Crippen LogP contribution in [0.4, 0.5) is 24.5 Å². The van der Waals surface area contributed by atoms with Gasteiger partial charge in [0.05, 0.1) is 30.7 Å². The number of anilines is 2. The molecular formula is C25H19F3N2O3S. The Balaban J connectivity index is 1.58. The van der Waals surface area contributed by atoms with E-state index in [2.05, 4.69) is 0 Å². The SMILES string of the molecule is COc1ccc(N2C(=O)CS[C@@]23C(=O)N(Cc2cccc(C(F)(F)F)c2)c2ccccc23)cc1. The van der Waals surface area contributed by atoms with Crippen LogP contribution < -0.4 is 14.5 Å². The number of rotatable bonds is 4. The summed E-state index contributed by atoms with van der Waals surface area (Å²) in [5.74, 6) is 0.127. The Morgan fingerprint density at radius 1 is 1.00 bits per heavy atom. The highest BCUT2D eigenvalue weighted by molar-refractivity contribution is 8.02. The normalized spacial score (nSPS) is 19.8. The summed E-state index contributed by atoms with van der Waals surface area (Å²) < 4.78 is 44.9. The number of fused-ring (bicyclic) bond motifs is 2. The summed E-state index contributed by atoms with van der Waals surface area (Å²) in [6.07, 6.45) is -4.48. The van der Waals surface area contributed by atoms with Crippen LogP contribution in [0, 0.1) is 0 Å². The van der Waals surface area contributed by atoms with E-state index in [1.165, 1.54) is 34.7 Å². The Kier molecular flexibility index (Phi) is 5.31. The van der Waals surface area contributed by atoms with Crippen LogP contribution in [-0.2, 0) is 27.2 Å². The number of ether oxygens (including phenoxy) is 1. The molecule has 174 valence electrons. The minimum atomic E-state index is -4.48. The van der Waals surface area contributed by atoms with Gasteiger partial charge in [-0.1, -0.05) is 30.3 Å². The number of para-hydroxylation sites is 1.